The molecule has 6 heteroatoms. The number of aromatic hydroxyl groups is 1. The number of phenolic OH excluding ortho intramolecular Hbond substituents is 1. The van der Waals surface area contributed by atoms with Crippen LogP contribution in [0.25, 0.3) is 11.3 Å². The van der Waals surface area contributed by atoms with Gasteiger partial charge in [-0.05, 0) is 48.4 Å². The first-order valence-corrected chi connectivity index (χ1v) is 8.88. The average molecular weight is 368 g/mol. The summed E-state index contributed by atoms with van der Waals surface area (Å²) in [4.78, 5) is 14.6. The van der Waals surface area contributed by atoms with Crippen LogP contribution in [-0.2, 0) is 0 Å². The van der Waals surface area contributed by atoms with E-state index >= 15 is 0 Å². The Balaban J connectivity index is 1.49. The lowest BCUT2D eigenvalue weighted by atomic mass is 9.98. The molecule has 0 bridgehead atoms. The number of aromatic nitrogens is 2. The van der Waals surface area contributed by atoms with Gasteiger partial charge >= 0.3 is 0 Å². The summed E-state index contributed by atoms with van der Waals surface area (Å²) in [5.41, 5.74) is 3.08. The summed E-state index contributed by atoms with van der Waals surface area (Å²) < 4.78 is 0. The molecule has 2 heterocycles. The topological polar surface area (TPSA) is 69.2 Å². The van der Waals surface area contributed by atoms with Crippen LogP contribution >= 0.6 is 11.6 Å². The lowest BCUT2D eigenvalue weighted by Crippen LogP contribution is -2.28. The molecule has 0 unspecified atom stereocenters. The molecule has 26 heavy (non-hydrogen) atoms. The van der Waals surface area contributed by atoms with Crippen LogP contribution in [0.2, 0.25) is 5.02 Å². The zero-order valence-corrected chi connectivity index (χ0v) is 14.8. The van der Waals surface area contributed by atoms with Crippen LogP contribution < -0.4 is 0 Å². The first-order valence-electron chi connectivity index (χ1n) is 8.50. The standard InChI is InChI=1S/C20H18ClN3O2/c21-17-4-2-1-3-16(17)14-9-10-24(12-14)20(26)19-11-18(22-23-19)13-5-7-15(25)8-6-13/h1-8,11,14,25H,9-10,12H2,(H,22,23)/t14-/m1/s1. The number of nitrogens with one attached hydrogen (secondary N) is 1. The van der Waals surface area contributed by atoms with Gasteiger partial charge < -0.3 is 10.0 Å². The summed E-state index contributed by atoms with van der Waals surface area (Å²) in [5.74, 6) is 0.396. The van der Waals surface area contributed by atoms with Gasteiger partial charge in [0.15, 0.2) is 0 Å². The SMILES string of the molecule is O=C(c1cc(-c2ccc(O)cc2)n[nH]1)N1CC[C@@H](c2ccccc2Cl)C1. The number of likely N-dealkylation sites (tertiary alicyclic amines) is 1. The number of phenols is 1. The van der Waals surface area contributed by atoms with Gasteiger partial charge in [0.25, 0.3) is 5.91 Å². The smallest absolute Gasteiger partial charge is 0.271 e. The Labute approximate surface area is 156 Å². The number of nitrogens with zero attached hydrogens (tertiary/aromatic N) is 2. The number of amides is 1. The van der Waals surface area contributed by atoms with Crippen LogP contribution in [0.4, 0.5) is 0 Å². The lowest BCUT2D eigenvalue weighted by molar-refractivity contribution is 0.0785. The Morgan fingerprint density at radius 3 is 2.73 bits per heavy atom. The average Bonchev–Trinajstić information content (AvgIpc) is 3.32. The van der Waals surface area contributed by atoms with Crippen molar-refractivity contribution in [3.8, 4) is 17.0 Å². The van der Waals surface area contributed by atoms with Gasteiger partial charge in [-0.25, -0.2) is 0 Å². The molecule has 2 aromatic carbocycles. The molecule has 1 saturated heterocycles. The number of rotatable bonds is 3. The highest BCUT2D eigenvalue weighted by Gasteiger charge is 2.29. The van der Waals surface area contributed by atoms with Crippen molar-refractivity contribution in [2.45, 2.75) is 12.3 Å². The quantitative estimate of drug-likeness (QED) is 0.733. The number of halogens is 1. The van der Waals surface area contributed by atoms with Crippen LogP contribution in [-0.4, -0.2) is 39.2 Å². The Bertz CT molecular complexity index is 936. The number of carbonyl (C=O) groups is 1. The Morgan fingerprint density at radius 1 is 1.19 bits per heavy atom. The third-order valence-electron chi connectivity index (χ3n) is 4.79. The van der Waals surface area contributed by atoms with Gasteiger partial charge in [-0.2, -0.15) is 5.10 Å². The van der Waals surface area contributed by atoms with Crippen LogP contribution in [0.5, 0.6) is 5.75 Å². The molecule has 1 atom stereocenters. The Hall–Kier alpha value is -2.79. The summed E-state index contributed by atoms with van der Waals surface area (Å²) in [6.07, 6.45) is 0.897. The highest BCUT2D eigenvalue weighted by atomic mass is 35.5. The highest BCUT2D eigenvalue weighted by molar-refractivity contribution is 6.31. The Morgan fingerprint density at radius 2 is 1.96 bits per heavy atom. The van der Waals surface area contributed by atoms with Crippen molar-refractivity contribution >= 4 is 17.5 Å². The van der Waals surface area contributed by atoms with E-state index < -0.39 is 0 Å². The van der Waals surface area contributed by atoms with Gasteiger partial charge in [0.2, 0.25) is 0 Å². The van der Waals surface area contributed by atoms with E-state index in [0.29, 0.717) is 24.5 Å². The van der Waals surface area contributed by atoms with Crippen molar-refractivity contribution < 1.29 is 9.90 Å². The molecule has 3 aromatic rings. The third kappa shape index (κ3) is 3.18. The van der Waals surface area contributed by atoms with Crippen LogP contribution in [0.1, 0.15) is 28.4 Å². The van der Waals surface area contributed by atoms with Crippen LogP contribution in [0.3, 0.4) is 0 Å². The second-order valence-corrected chi connectivity index (χ2v) is 6.88. The van der Waals surface area contributed by atoms with Gasteiger partial charge in [0, 0.05) is 29.6 Å². The molecule has 0 radical (unpaired) electrons. The summed E-state index contributed by atoms with van der Waals surface area (Å²) in [5, 5.41) is 17.2. The molecular formula is C20H18ClN3O2. The summed E-state index contributed by atoms with van der Waals surface area (Å²) in [6.45, 7) is 1.35. The zero-order chi connectivity index (χ0) is 18.1. The molecule has 1 amide bonds. The Kier molecular flexibility index (Phi) is 4.39. The minimum absolute atomic E-state index is 0.0583. The maximum Gasteiger partial charge on any atom is 0.271 e. The second kappa shape index (κ2) is 6.84. The highest BCUT2D eigenvalue weighted by Crippen LogP contribution is 2.32. The summed E-state index contributed by atoms with van der Waals surface area (Å²) >= 11 is 6.29. The molecule has 1 aliphatic heterocycles. The number of carbonyl (C=O) groups excluding carboxylic acids is 1. The van der Waals surface area contributed by atoms with E-state index in [9.17, 15) is 9.90 Å². The van der Waals surface area contributed by atoms with Crippen LogP contribution in [0.15, 0.2) is 54.6 Å². The molecule has 5 nitrogen and oxygen atoms in total. The van der Waals surface area contributed by atoms with Crippen LogP contribution in [0, 0.1) is 0 Å². The van der Waals surface area contributed by atoms with E-state index in [1.165, 1.54) is 0 Å². The fourth-order valence-electron chi connectivity index (χ4n) is 3.39. The molecule has 0 spiro atoms. The predicted octanol–water partition coefficient (Wildman–Crippen LogP) is 4.07. The fraction of sp³-hybridized carbons (Fsp3) is 0.200. The monoisotopic (exact) mass is 367 g/mol. The van der Waals surface area contributed by atoms with Crippen molar-refractivity contribution in [1.82, 2.24) is 15.1 Å². The normalized spacial score (nSPS) is 16.8. The number of H-pyrrole nitrogens is 1. The number of hydrogen-bond acceptors (Lipinski definition) is 3. The lowest BCUT2D eigenvalue weighted by Gasteiger charge is -2.16. The fourth-order valence-corrected chi connectivity index (χ4v) is 3.68. The number of aromatic amines is 1. The molecule has 0 saturated carbocycles. The maximum atomic E-state index is 12.8. The minimum Gasteiger partial charge on any atom is -0.508 e. The van der Waals surface area contributed by atoms with Crippen molar-refractivity contribution in [3.05, 3.63) is 70.9 Å². The van der Waals surface area contributed by atoms with Crippen molar-refractivity contribution in [3.63, 3.8) is 0 Å². The minimum atomic E-state index is -0.0583. The van der Waals surface area contributed by atoms with Crippen molar-refractivity contribution in [2.75, 3.05) is 13.1 Å². The van der Waals surface area contributed by atoms with E-state index in [4.69, 9.17) is 11.6 Å². The zero-order valence-electron chi connectivity index (χ0n) is 14.0. The summed E-state index contributed by atoms with van der Waals surface area (Å²) in [6, 6.07) is 16.3. The molecule has 1 aromatic heterocycles. The van der Waals surface area contributed by atoms with Gasteiger partial charge in [-0.15, -0.1) is 0 Å². The van der Waals surface area contributed by atoms with Gasteiger partial charge in [-0.3, -0.25) is 9.89 Å². The van der Waals surface area contributed by atoms with E-state index in [1.807, 2.05) is 29.2 Å². The largest absolute Gasteiger partial charge is 0.508 e. The van der Waals surface area contributed by atoms with E-state index in [1.54, 1.807) is 30.3 Å². The number of benzene rings is 2. The number of hydrogen-bond donors (Lipinski definition) is 2. The van der Waals surface area contributed by atoms with Gasteiger partial charge in [0.1, 0.15) is 11.4 Å². The van der Waals surface area contributed by atoms with Gasteiger partial charge in [0.05, 0.1) is 5.69 Å². The molecule has 1 fully saturated rings. The maximum absolute atomic E-state index is 12.8. The second-order valence-electron chi connectivity index (χ2n) is 6.47. The molecule has 1 aliphatic rings. The molecule has 132 valence electrons. The summed E-state index contributed by atoms with van der Waals surface area (Å²) in [7, 11) is 0. The third-order valence-corrected chi connectivity index (χ3v) is 5.14. The van der Waals surface area contributed by atoms with Crippen molar-refractivity contribution in [1.29, 1.82) is 0 Å². The van der Waals surface area contributed by atoms with Gasteiger partial charge in [-0.1, -0.05) is 29.8 Å². The van der Waals surface area contributed by atoms with E-state index in [2.05, 4.69) is 10.2 Å². The van der Waals surface area contributed by atoms with Crippen molar-refractivity contribution in [2.24, 2.45) is 0 Å². The molecular weight excluding hydrogens is 350 g/mol. The molecule has 4 rings (SSSR count). The first-order chi connectivity index (χ1) is 12.6. The van der Waals surface area contributed by atoms with E-state index in [0.717, 1.165) is 22.6 Å². The molecule has 2 N–H and O–H groups in total. The predicted molar refractivity (Wildman–Crippen MR) is 100 cm³/mol. The first kappa shape index (κ1) is 16.7. The molecule has 0 aliphatic carbocycles. The van der Waals surface area contributed by atoms with E-state index in [-0.39, 0.29) is 17.6 Å².